The molecule has 0 spiro atoms. The van der Waals surface area contributed by atoms with Crippen LogP contribution in [0.1, 0.15) is 25.1 Å². The Morgan fingerprint density at radius 2 is 1.67 bits per heavy atom. The summed E-state index contributed by atoms with van der Waals surface area (Å²) < 4.78 is 57.5. The second-order valence-electron chi connectivity index (χ2n) is 6.28. The van der Waals surface area contributed by atoms with Crippen molar-refractivity contribution in [1.29, 1.82) is 0 Å². The van der Waals surface area contributed by atoms with Gasteiger partial charge < -0.3 is 9.67 Å². The topological polar surface area (TPSA) is 62.5 Å². The van der Waals surface area contributed by atoms with Gasteiger partial charge in [-0.25, -0.2) is 17.2 Å². The highest BCUT2D eigenvalue weighted by molar-refractivity contribution is 7.92. The van der Waals surface area contributed by atoms with Crippen LogP contribution in [0.2, 0.25) is 0 Å². The molecule has 2 aromatic carbocycles. The molecule has 4 rings (SSSR count). The van der Waals surface area contributed by atoms with E-state index in [1.54, 1.807) is 22.9 Å². The molecule has 0 saturated carbocycles. The SMILES string of the molecule is CCC1c2cccn2-c2cc(F)c(F)cc2N1S(=O)(=O)c1ccc(O)cc1. The summed E-state index contributed by atoms with van der Waals surface area (Å²) in [6, 6.07) is 9.93. The van der Waals surface area contributed by atoms with Gasteiger partial charge in [-0.15, -0.1) is 0 Å². The quantitative estimate of drug-likeness (QED) is 0.732. The number of halogens is 2. The highest BCUT2D eigenvalue weighted by atomic mass is 32.2. The van der Waals surface area contributed by atoms with Crippen molar-refractivity contribution in [2.75, 3.05) is 4.31 Å². The van der Waals surface area contributed by atoms with Crippen molar-refractivity contribution >= 4 is 15.7 Å². The van der Waals surface area contributed by atoms with E-state index >= 15 is 0 Å². The van der Waals surface area contributed by atoms with Gasteiger partial charge in [-0.3, -0.25) is 4.31 Å². The van der Waals surface area contributed by atoms with E-state index in [0.717, 1.165) is 16.4 Å². The maximum absolute atomic E-state index is 14.0. The van der Waals surface area contributed by atoms with E-state index in [9.17, 15) is 22.3 Å². The second-order valence-corrected chi connectivity index (χ2v) is 8.09. The van der Waals surface area contributed by atoms with Crippen LogP contribution < -0.4 is 4.31 Å². The number of benzene rings is 2. The van der Waals surface area contributed by atoms with Crippen molar-refractivity contribution in [3.8, 4) is 11.4 Å². The number of rotatable bonds is 3. The molecule has 0 fully saturated rings. The number of phenolic OH excluding ortho intramolecular Hbond substituents is 1. The number of phenols is 1. The molecule has 27 heavy (non-hydrogen) atoms. The lowest BCUT2D eigenvalue weighted by molar-refractivity contribution is 0.474. The van der Waals surface area contributed by atoms with Crippen LogP contribution in [0.3, 0.4) is 0 Å². The highest BCUT2D eigenvalue weighted by Crippen LogP contribution is 2.44. The van der Waals surface area contributed by atoms with Crippen LogP contribution in [0.15, 0.2) is 59.6 Å². The van der Waals surface area contributed by atoms with Gasteiger partial charge in [0.05, 0.1) is 22.3 Å². The van der Waals surface area contributed by atoms with Gasteiger partial charge in [-0.05, 0) is 42.8 Å². The average Bonchev–Trinajstić information content (AvgIpc) is 3.12. The molecule has 1 aliphatic heterocycles. The van der Waals surface area contributed by atoms with Gasteiger partial charge in [-0.1, -0.05) is 6.92 Å². The number of aromatic hydroxyl groups is 1. The molecule has 1 unspecified atom stereocenters. The predicted molar refractivity (Wildman–Crippen MR) is 96.5 cm³/mol. The standard InChI is InChI=1S/C19H16F2N2O3S/c1-2-16-17-4-3-9-22(17)18-10-14(20)15(21)11-19(18)23(16)27(25,26)13-7-5-12(24)6-8-13/h3-11,16,24H,2H2,1H3. The van der Waals surface area contributed by atoms with Gasteiger partial charge in [0, 0.05) is 24.0 Å². The molecule has 0 saturated heterocycles. The summed E-state index contributed by atoms with van der Waals surface area (Å²) in [5, 5.41) is 9.45. The maximum atomic E-state index is 14.0. The number of anilines is 1. The molecule has 140 valence electrons. The van der Waals surface area contributed by atoms with Crippen molar-refractivity contribution in [3.05, 3.63) is 72.1 Å². The molecule has 8 heteroatoms. The molecule has 5 nitrogen and oxygen atoms in total. The van der Waals surface area contributed by atoms with Crippen molar-refractivity contribution < 1.29 is 22.3 Å². The van der Waals surface area contributed by atoms with E-state index in [0.29, 0.717) is 12.1 Å². The van der Waals surface area contributed by atoms with E-state index < -0.39 is 27.7 Å². The zero-order valence-corrected chi connectivity index (χ0v) is 15.1. The lowest BCUT2D eigenvalue weighted by atomic mass is 10.1. The first kappa shape index (κ1) is 17.5. The lowest BCUT2D eigenvalue weighted by Crippen LogP contribution is -2.39. The summed E-state index contributed by atoms with van der Waals surface area (Å²) in [6.07, 6.45) is 2.12. The first-order valence-corrected chi connectivity index (χ1v) is 9.78. The Bertz CT molecular complexity index is 1120. The summed E-state index contributed by atoms with van der Waals surface area (Å²) in [5.74, 6) is -2.24. The van der Waals surface area contributed by atoms with E-state index in [1.165, 1.54) is 24.3 Å². The summed E-state index contributed by atoms with van der Waals surface area (Å²) in [6.45, 7) is 1.83. The van der Waals surface area contributed by atoms with Gasteiger partial charge in [0.1, 0.15) is 5.75 Å². The fourth-order valence-corrected chi connectivity index (χ4v) is 5.18. The van der Waals surface area contributed by atoms with Crippen LogP contribution in [0.5, 0.6) is 5.75 Å². The van der Waals surface area contributed by atoms with Gasteiger partial charge in [-0.2, -0.15) is 0 Å². The Kier molecular flexibility index (Phi) is 3.96. The normalized spacial score (nSPS) is 16.1. The van der Waals surface area contributed by atoms with E-state index in [-0.39, 0.29) is 22.0 Å². The molecular formula is C19H16F2N2O3S. The van der Waals surface area contributed by atoms with Crippen LogP contribution in [-0.4, -0.2) is 18.1 Å². The monoisotopic (exact) mass is 390 g/mol. The van der Waals surface area contributed by atoms with Crippen molar-refractivity contribution in [3.63, 3.8) is 0 Å². The molecule has 1 atom stereocenters. The molecule has 0 bridgehead atoms. The Hall–Kier alpha value is -2.87. The second kappa shape index (κ2) is 6.09. The Balaban J connectivity index is 2.00. The Labute approximate surface area is 155 Å². The summed E-state index contributed by atoms with van der Waals surface area (Å²) >= 11 is 0. The van der Waals surface area contributed by atoms with Gasteiger partial charge in [0.15, 0.2) is 11.6 Å². The van der Waals surface area contributed by atoms with Crippen molar-refractivity contribution in [1.82, 2.24) is 4.57 Å². The number of aromatic nitrogens is 1. The Morgan fingerprint density at radius 3 is 2.30 bits per heavy atom. The van der Waals surface area contributed by atoms with Crippen LogP contribution in [0.4, 0.5) is 14.5 Å². The van der Waals surface area contributed by atoms with Gasteiger partial charge >= 0.3 is 0 Å². The molecule has 0 radical (unpaired) electrons. The van der Waals surface area contributed by atoms with Crippen LogP contribution in [0, 0.1) is 11.6 Å². The lowest BCUT2D eigenvalue weighted by Gasteiger charge is -2.38. The number of sulfonamides is 1. The number of hydrogen-bond acceptors (Lipinski definition) is 3. The maximum Gasteiger partial charge on any atom is 0.265 e. The molecule has 2 heterocycles. The largest absolute Gasteiger partial charge is 0.508 e. The van der Waals surface area contributed by atoms with Gasteiger partial charge in [0.25, 0.3) is 10.0 Å². The smallest absolute Gasteiger partial charge is 0.265 e. The van der Waals surface area contributed by atoms with Crippen LogP contribution in [-0.2, 0) is 10.0 Å². The third kappa shape index (κ3) is 2.59. The molecular weight excluding hydrogens is 374 g/mol. The molecule has 1 N–H and O–H groups in total. The fraction of sp³-hybridized carbons (Fsp3) is 0.158. The minimum absolute atomic E-state index is 0.0468. The molecule has 3 aromatic rings. The summed E-state index contributed by atoms with van der Waals surface area (Å²) in [5.41, 5.74) is 0.983. The number of hydrogen-bond donors (Lipinski definition) is 1. The number of fused-ring (bicyclic) bond motifs is 3. The Morgan fingerprint density at radius 1 is 1.04 bits per heavy atom. The van der Waals surface area contributed by atoms with Crippen LogP contribution >= 0.6 is 0 Å². The molecule has 0 amide bonds. The zero-order valence-electron chi connectivity index (χ0n) is 14.3. The first-order valence-electron chi connectivity index (χ1n) is 8.34. The third-order valence-electron chi connectivity index (χ3n) is 4.70. The van der Waals surface area contributed by atoms with Crippen molar-refractivity contribution in [2.24, 2.45) is 0 Å². The summed E-state index contributed by atoms with van der Waals surface area (Å²) in [4.78, 5) is -0.0468. The highest BCUT2D eigenvalue weighted by Gasteiger charge is 2.39. The number of nitrogens with zero attached hydrogens (tertiary/aromatic N) is 2. The summed E-state index contributed by atoms with van der Waals surface area (Å²) in [7, 11) is -4.08. The molecule has 1 aliphatic rings. The predicted octanol–water partition coefficient (Wildman–Crippen LogP) is 4.12. The van der Waals surface area contributed by atoms with E-state index in [2.05, 4.69) is 0 Å². The van der Waals surface area contributed by atoms with Gasteiger partial charge in [0.2, 0.25) is 0 Å². The third-order valence-corrected chi connectivity index (χ3v) is 6.54. The molecule has 1 aromatic heterocycles. The fourth-order valence-electron chi connectivity index (χ4n) is 3.47. The van der Waals surface area contributed by atoms with E-state index in [4.69, 9.17) is 0 Å². The zero-order chi connectivity index (χ0) is 19.3. The minimum Gasteiger partial charge on any atom is -0.508 e. The van der Waals surface area contributed by atoms with Crippen molar-refractivity contribution in [2.45, 2.75) is 24.3 Å². The van der Waals surface area contributed by atoms with Crippen LogP contribution in [0.25, 0.3) is 5.69 Å². The minimum atomic E-state index is -4.08. The molecule has 0 aliphatic carbocycles. The average molecular weight is 390 g/mol. The van der Waals surface area contributed by atoms with E-state index in [1.807, 2.05) is 6.92 Å². The first-order chi connectivity index (χ1) is 12.8.